The summed E-state index contributed by atoms with van der Waals surface area (Å²) in [5.41, 5.74) is 1.83. The number of piperidine rings is 1. The van der Waals surface area contributed by atoms with Crippen LogP contribution in [0.25, 0.3) is 11.0 Å². The summed E-state index contributed by atoms with van der Waals surface area (Å²) in [6.45, 7) is 7.29. The van der Waals surface area contributed by atoms with Crippen LogP contribution in [0.1, 0.15) is 32.0 Å². The lowest BCUT2D eigenvalue weighted by molar-refractivity contribution is -0.120. The summed E-state index contributed by atoms with van der Waals surface area (Å²) in [6, 6.07) is 5.99. The second kappa shape index (κ2) is 9.17. The molecule has 2 fully saturated rings. The number of aryl methyl sites for hydroxylation is 2. The lowest BCUT2D eigenvalue weighted by atomic mass is 9.99. The van der Waals surface area contributed by atoms with E-state index in [-0.39, 0.29) is 24.4 Å². The molecule has 3 N–H and O–H groups in total. The highest BCUT2D eigenvalue weighted by atomic mass is 16.3. The maximum Gasteiger partial charge on any atom is 0.238 e. The Morgan fingerprint density at radius 2 is 1.97 bits per heavy atom. The molecular formula is C23H34N6O3. The summed E-state index contributed by atoms with van der Waals surface area (Å²) in [4.78, 5) is 32.6. The largest absolute Gasteiger partial charge is 0.387 e. The van der Waals surface area contributed by atoms with Gasteiger partial charge in [0.2, 0.25) is 11.8 Å². The van der Waals surface area contributed by atoms with Gasteiger partial charge in [0.1, 0.15) is 5.82 Å². The highest BCUT2D eigenvalue weighted by Crippen LogP contribution is 2.24. The Bertz CT molecular complexity index is 997. The van der Waals surface area contributed by atoms with Crippen LogP contribution in [-0.2, 0) is 16.6 Å². The van der Waals surface area contributed by atoms with E-state index in [1.165, 1.54) is 0 Å². The molecule has 2 aliphatic heterocycles. The van der Waals surface area contributed by atoms with E-state index in [0.29, 0.717) is 26.1 Å². The minimum Gasteiger partial charge on any atom is -0.387 e. The van der Waals surface area contributed by atoms with Crippen molar-refractivity contribution in [2.24, 2.45) is 7.05 Å². The number of anilines is 1. The quantitative estimate of drug-likeness (QED) is 0.613. The molecule has 1 unspecified atom stereocenters. The topological polar surface area (TPSA) is 103 Å². The molecule has 32 heavy (non-hydrogen) atoms. The van der Waals surface area contributed by atoms with Crippen LogP contribution in [0.15, 0.2) is 18.2 Å². The Balaban J connectivity index is 1.25. The monoisotopic (exact) mass is 442 g/mol. The molecular weight excluding hydrogens is 408 g/mol. The fourth-order valence-electron chi connectivity index (χ4n) is 4.95. The van der Waals surface area contributed by atoms with Crippen molar-refractivity contribution in [1.29, 1.82) is 0 Å². The standard InChI is InChI=1S/C23H34N6O3/c1-16-24-20-12-19(4-5-21(20)27(16)3)26-22(31)13-29-11-8-23(32,15-29)14-28-9-6-18(7-10-28)25-17(2)30/h4-5,12,18,32H,6-11,13-15H2,1-3H3,(H,25,30)(H,26,31). The van der Waals surface area contributed by atoms with E-state index in [9.17, 15) is 14.7 Å². The summed E-state index contributed by atoms with van der Waals surface area (Å²) in [5, 5.41) is 17.0. The molecule has 4 rings (SSSR count). The van der Waals surface area contributed by atoms with Gasteiger partial charge in [-0.1, -0.05) is 0 Å². The van der Waals surface area contributed by atoms with Crippen molar-refractivity contribution in [2.75, 3.05) is 44.6 Å². The Morgan fingerprint density at radius 3 is 2.69 bits per heavy atom. The summed E-state index contributed by atoms with van der Waals surface area (Å²) in [6.07, 6.45) is 2.47. The molecule has 1 atom stereocenters. The van der Waals surface area contributed by atoms with E-state index in [0.717, 1.165) is 48.5 Å². The highest BCUT2D eigenvalue weighted by Gasteiger charge is 2.38. The predicted octanol–water partition coefficient (Wildman–Crippen LogP) is 0.858. The number of β-amino-alcohol motifs (C(OH)–C–C–N with tert-alkyl or cyclic N) is 1. The van der Waals surface area contributed by atoms with Crippen molar-refractivity contribution < 1.29 is 14.7 Å². The first-order valence-corrected chi connectivity index (χ1v) is 11.4. The molecule has 0 spiro atoms. The average molecular weight is 443 g/mol. The van der Waals surface area contributed by atoms with Crippen LogP contribution in [0.2, 0.25) is 0 Å². The molecule has 3 heterocycles. The van der Waals surface area contributed by atoms with Gasteiger partial charge < -0.3 is 25.2 Å². The number of nitrogens with zero attached hydrogens (tertiary/aromatic N) is 4. The van der Waals surface area contributed by atoms with Crippen molar-refractivity contribution in [2.45, 2.75) is 44.8 Å². The number of imidazole rings is 1. The molecule has 0 saturated carbocycles. The molecule has 0 bridgehead atoms. The van der Waals surface area contributed by atoms with E-state index in [4.69, 9.17) is 0 Å². The molecule has 174 valence electrons. The zero-order valence-corrected chi connectivity index (χ0v) is 19.2. The SMILES string of the molecule is CC(=O)NC1CCN(CC2(O)CCN(CC(=O)Nc3ccc4c(c3)nc(C)n4C)C2)CC1. The summed E-state index contributed by atoms with van der Waals surface area (Å²) in [5.74, 6) is 0.860. The number of likely N-dealkylation sites (tertiary alicyclic amines) is 2. The van der Waals surface area contributed by atoms with Gasteiger partial charge in [-0.25, -0.2) is 4.98 Å². The van der Waals surface area contributed by atoms with Crippen molar-refractivity contribution in [3.8, 4) is 0 Å². The smallest absolute Gasteiger partial charge is 0.238 e. The molecule has 2 aliphatic rings. The van der Waals surface area contributed by atoms with E-state index in [1.54, 1.807) is 6.92 Å². The molecule has 2 aromatic rings. The van der Waals surface area contributed by atoms with Gasteiger partial charge in [0.05, 0.1) is 23.2 Å². The number of hydrogen-bond acceptors (Lipinski definition) is 6. The molecule has 0 aliphatic carbocycles. The van der Waals surface area contributed by atoms with Crippen LogP contribution in [0.3, 0.4) is 0 Å². The highest BCUT2D eigenvalue weighted by molar-refractivity contribution is 5.94. The van der Waals surface area contributed by atoms with Gasteiger partial charge in [0.15, 0.2) is 0 Å². The first kappa shape index (κ1) is 22.7. The minimum atomic E-state index is -0.800. The van der Waals surface area contributed by atoms with E-state index >= 15 is 0 Å². The maximum atomic E-state index is 12.6. The number of rotatable bonds is 6. The first-order valence-electron chi connectivity index (χ1n) is 11.4. The second-order valence-electron chi connectivity index (χ2n) is 9.41. The molecule has 1 aromatic carbocycles. The van der Waals surface area contributed by atoms with E-state index < -0.39 is 5.60 Å². The Kier molecular flexibility index (Phi) is 6.50. The van der Waals surface area contributed by atoms with Gasteiger partial charge in [-0.05, 0) is 44.4 Å². The molecule has 0 radical (unpaired) electrons. The van der Waals surface area contributed by atoms with Gasteiger partial charge in [-0.2, -0.15) is 0 Å². The van der Waals surface area contributed by atoms with Crippen LogP contribution >= 0.6 is 0 Å². The third-order valence-electron chi connectivity index (χ3n) is 6.68. The number of carbonyl (C=O) groups excluding carboxylic acids is 2. The fraction of sp³-hybridized carbons (Fsp3) is 0.609. The zero-order valence-electron chi connectivity index (χ0n) is 19.2. The number of aliphatic hydroxyl groups is 1. The van der Waals surface area contributed by atoms with Crippen LogP contribution < -0.4 is 10.6 Å². The van der Waals surface area contributed by atoms with Crippen LogP contribution in [-0.4, -0.2) is 87.2 Å². The minimum absolute atomic E-state index is 0.0156. The van der Waals surface area contributed by atoms with Crippen molar-refractivity contribution >= 4 is 28.5 Å². The number of carbonyl (C=O) groups is 2. The molecule has 2 amide bonds. The normalized spacial score (nSPS) is 23.0. The summed E-state index contributed by atoms with van der Waals surface area (Å²) in [7, 11) is 1.97. The van der Waals surface area contributed by atoms with Gasteiger partial charge in [-0.15, -0.1) is 0 Å². The first-order chi connectivity index (χ1) is 15.2. The lowest BCUT2D eigenvalue weighted by Crippen LogP contribution is -2.50. The fourth-order valence-corrected chi connectivity index (χ4v) is 4.95. The third-order valence-corrected chi connectivity index (χ3v) is 6.68. The second-order valence-corrected chi connectivity index (χ2v) is 9.41. The van der Waals surface area contributed by atoms with Gasteiger partial charge >= 0.3 is 0 Å². The van der Waals surface area contributed by atoms with Crippen molar-refractivity contribution in [3.05, 3.63) is 24.0 Å². The van der Waals surface area contributed by atoms with Gasteiger partial charge in [0, 0.05) is 58.4 Å². The predicted molar refractivity (Wildman–Crippen MR) is 123 cm³/mol. The zero-order chi connectivity index (χ0) is 22.9. The van der Waals surface area contributed by atoms with Crippen molar-refractivity contribution in [3.63, 3.8) is 0 Å². The van der Waals surface area contributed by atoms with Gasteiger partial charge in [-0.3, -0.25) is 14.5 Å². The molecule has 1 aromatic heterocycles. The molecule has 9 nitrogen and oxygen atoms in total. The van der Waals surface area contributed by atoms with Gasteiger partial charge in [0.25, 0.3) is 0 Å². The van der Waals surface area contributed by atoms with E-state index in [1.807, 2.05) is 41.6 Å². The average Bonchev–Trinajstić information content (AvgIpc) is 3.22. The number of aromatic nitrogens is 2. The van der Waals surface area contributed by atoms with Crippen LogP contribution in [0.4, 0.5) is 5.69 Å². The van der Waals surface area contributed by atoms with Crippen LogP contribution in [0.5, 0.6) is 0 Å². The third kappa shape index (κ3) is 5.28. The maximum absolute atomic E-state index is 12.6. The number of nitrogens with one attached hydrogen (secondary N) is 2. The lowest BCUT2D eigenvalue weighted by Gasteiger charge is -2.36. The van der Waals surface area contributed by atoms with Crippen molar-refractivity contribution in [1.82, 2.24) is 24.7 Å². The molecule has 2 saturated heterocycles. The number of amides is 2. The summed E-state index contributed by atoms with van der Waals surface area (Å²) >= 11 is 0. The summed E-state index contributed by atoms with van der Waals surface area (Å²) < 4.78 is 2.02. The van der Waals surface area contributed by atoms with E-state index in [2.05, 4.69) is 20.5 Å². The van der Waals surface area contributed by atoms with Crippen LogP contribution in [0, 0.1) is 6.92 Å². The Morgan fingerprint density at radius 1 is 1.22 bits per heavy atom. The molecule has 9 heteroatoms. The Hall–Kier alpha value is -2.49. The number of benzene rings is 1. The number of fused-ring (bicyclic) bond motifs is 1. The number of hydrogen-bond donors (Lipinski definition) is 3. The Labute approximate surface area is 188 Å².